The number of piperazine rings is 1. The maximum absolute atomic E-state index is 12.7. The Morgan fingerprint density at radius 2 is 1.53 bits per heavy atom. The van der Waals surface area contributed by atoms with Crippen molar-refractivity contribution in [2.45, 2.75) is 25.0 Å². The van der Waals surface area contributed by atoms with E-state index >= 15 is 0 Å². The SMILES string of the molecule is O=C(CC1CC(Br)=NO1)N1CCN(C(c2ccc(Cl)cc2)c2ccc(Cl)cc2)CC1. The first kappa shape index (κ1) is 21.6. The third kappa shape index (κ3) is 5.17. The summed E-state index contributed by atoms with van der Waals surface area (Å²) >= 11 is 15.5. The molecule has 2 aromatic carbocycles. The number of carbonyl (C=O) groups excluding carboxylic acids is 1. The van der Waals surface area contributed by atoms with E-state index in [0.29, 0.717) is 36.0 Å². The van der Waals surface area contributed by atoms with Crippen molar-refractivity contribution >= 4 is 49.7 Å². The summed E-state index contributed by atoms with van der Waals surface area (Å²) in [5.74, 6) is 0.117. The van der Waals surface area contributed by atoms with E-state index in [1.165, 1.54) is 11.1 Å². The number of hydrogen-bond acceptors (Lipinski definition) is 4. The number of oxime groups is 1. The molecule has 4 rings (SSSR count). The van der Waals surface area contributed by atoms with Crippen LogP contribution in [0.25, 0.3) is 0 Å². The van der Waals surface area contributed by atoms with Crippen LogP contribution in [0.5, 0.6) is 0 Å². The van der Waals surface area contributed by atoms with Crippen LogP contribution >= 0.6 is 39.1 Å². The molecule has 0 aliphatic carbocycles. The maximum atomic E-state index is 12.7. The number of nitrogens with zero attached hydrogens (tertiary/aromatic N) is 3. The first-order valence-corrected chi connectivity index (χ1v) is 11.5. The molecule has 2 aromatic rings. The first-order chi connectivity index (χ1) is 14.5. The summed E-state index contributed by atoms with van der Waals surface area (Å²) in [5.41, 5.74) is 2.34. The van der Waals surface area contributed by atoms with Gasteiger partial charge in [0.25, 0.3) is 0 Å². The number of rotatable bonds is 5. The van der Waals surface area contributed by atoms with Crippen LogP contribution in [0.4, 0.5) is 0 Å². The molecule has 0 saturated carbocycles. The smallest absolute Gasteiger partial charge is 0.226 e. The van der Waals surface area contributed by atoms with E-state index in [4.69, 9.17) is 28.0 Å². The minimum Gasteiger partial charge on any atom is -0.391 e. The second-order valence-corrected chi connectivity index (χ2v) is 9.31. The highest BCUT2D eigenvalue weighted by atomic mass is 79.9. The van der Waals surface area contributed by atoms with Gasteiger partial charge in [-0.3, -0.25) is 9.69 Å². The molecule has 0 N–H and O–H groups in total. The van der Waals surface area contributed by atoms with E-state index in [0.717, 1.165) is 17.7 Å². The van der Waals surface area contributed by atoms with Gasteiger partial charge in [-0.2, -0.15) is 0 Å². The standard InChI is InChI=1S/C22H22BrCl2N3O2/c23-20-13-19(30-26-20)14-21(29)27-9-11-28(12-10-27)22(15-1-5-17(24)6-2-15)16-3-7-18(25)8-4-16/h1-8,19,22H,9-14H2. The highest BCUT2D eigenvalue weighted by Crippen LogP contribution is 2.31. The van der Waals surface area contributed by atoms with Crippen molar-refractivity contribution in [3.05, 3.63) is 69.7 Å². The summed E-state index contributed by atoms with van der Waals surface area (Å²) in [6.45, 7) is 2.94. The van der Waals surface area contributed by atoms with Crippen molar-refractivity contribution in [3.8, 4) is 0 Å². The Hall–Kier alpha value is -1.60. The van der Waals surface area contributed by atoms with Crippen LogP contribution < -0.4 is 0 Å². The zero-order valence-electron chi connectivity index (χ0n) is 16.3. The van der Waals surface area contributed by atoms with Gasteiger partial charge in [0.15, 0.2) is 0 Å². The molecule has 30 heavy (non-hydrogen) atoms. The zero-order chi connectivity index (χ0) is 21.1. The summed E-state index contributed by atoms with van der Waals surface area (Å²) in [7, 11) is 0. The topological polar surface area (TPSA) is 45.1 Å². The van der Waals surface area contributed by atoms with E-state index < -0.39 is 0 Å². The maximum Gasteiger partial charge on any atom is 0.226 e. The lowest BCUT2D eigenvalue weighted by molar-refractivity contribution is -0.135. The highest BCUT2D eigenvalue weighted by molar-refractivity contribution is 9.18. The van der Waals surface area contributed by atoms with Gasteiger partial charge in [-0.15, -0.1) is 0 Å². The van der Waals surface area contributed by atoms with Crippen molar-refractivity contribution in [1.29, 1.82) is 0 Å². The van der Waals surface area contributed by atoms with Gasteiger partial charge >= 0.3 is 0 Å². The van der Waals surface area contributed by atoms with Crippen molar-refractivity contribution < 1.29 is 9.63 Å². The van der Waals surface area contributed by atoms with Gasteiger partial charge in [0.2, 0.25) is 5.91 Å². The molecule has 1 fully saturated rings. The molecule has 2 heterocycles. The van der Waals surface area contributed by atoms with Crippen LogP contribution in [-0.4, -0.2) is 52.6 Å². The van der Waals surface area contributed by atoms with Crippen LogP contribution in [-0.2, 0) is 9.63 Å². The van der Waals surface area contributed by atoms with Crippen molar-refractivity contribution in [1.82, 2.24) is 9.80 Å². The fraction of sp³-hybridized carbons (Fsp3) is 0.364. The summed E-state index contributed by atoms with van der Waals surface area (Å²) in [6, 6.07) is 16.0. The number of halogens is 3. The lowest BCUT2D eigenvalue weighted by Crippen LogP contribution is -2.50. The third-order valence-electron chi connectivity index (χ3n) is 5.50. The number of benzene rings is 2. The molecular formula is C22H22BrCl2N3O2. The predicted molar refractivity (Wildman–Crippen MR) is 123 cm³/mol. The quantitative estimate of drug-likeness (QED) is 0.561. The molecule has 0 bridgehead atoms. The molecule has 5 nitrogen and oxygen atoms in total. The fourth-order valence-electron chi connectivity index (χ4n) is 3.96. The molecule has 0 radical (unpaired) electrons. The number of hydrogen-bond donors (Lipinski definition) is 0. The molecule has 8 heteroatoms. The molecule has 1 saturated heterocycles. The molecule has 1 amide bonds. The Balaban J connectivity index is 1.44. The van der Waals surface area contributed by atoms with E-state index in [9.17, 15) is 4.79 Å². The number of carbonyl (C=O) groups is 1. The molecule has 1 unspecified atom stereocenters. The molecular weight excluding hydrogens is 489 g/mol. The first-order valence-electron chi connectivity index (χ1n) is 9.90. The van der Waals surface area contributed by atoms with Gasteiger partial charge in [0.05, 0.1) is 12.5 Å². The van der Waals surface area contributed by atoms with E-state index in [1.54, 1.807) is 0 Å². The van der Waals surface area contributed by atoms with Gasteiger partial charge in [-0.1, -0.05) is 52.6 Å². The lowest BCUT2D eigenvalue weighted by atomic mass is 9.96. The van der Waals surface area contributed by atoms with Crippen LogP contribution in [0.1, 0.15) is 30.0 Å². The van der Waals surface area contributed by atoms with Crippen molar-refractivity contribution in [3.63, 3.8) is 0 Å². The van der Waals surface area contributed by atoms with Gasteiger partial charge in [0.1, 0.15) is 10.7 Å². The lowest BCUT2D eigenvalue weighted by Gasteiger charge is -2.40. The van der Waals surface area contributed by atoms with Gasteiger partial charge in [-0.05, 0) is 51.3 Å². The summed E-state index contributed by atoms with van der Waals surface area (Å²) < 4.78 is 0.763. The highest BCUT2D eigenvalue weighted by Gasteiger charge is 2.30. The third-order valence-corrected chi connectivity index (χ3v) is 6.48. The monoisotopic (exact) mass is 509 g/mol. The van der Waals surface area contributed by atoms with Gasteiger partial charge in [-0.25, -0.2) is 0 Å². The van der Waals surface area contributed by atoms with Gasteiger partial charge < -0.3 is 9.74 Å². The van der Waals surface area contributed by atoms with Crippen LogP contribution in [0, 0.1) is 0 Å². The van der Waals surface area contributed by atoms with Crippen LogP contribution in [0.15, 0.2) is 53.7 Å². The van der Waals surface area contributed by atoms with E-state index in [1.807, 2.05) is 29.2 Å². The molecule has 2 aliphatic rings. The Labute approximate surface area is 194 Å². The molecule has 0 spiro atoms. The van der Waals surface area contributed by atoms with E-state index in [2.05, 4.69) is 50.3 Å². The van der Waals surface area contributed by atoms with Crippen molar-refractivity contribution in [2.75, 3.05) is 26.2 Å². The second kappa shape index (κ2) is 9.69. The van der Waals surface area contributed by atoms with Crippen LogP contribution in [0.2, 0.25) is 10.0 Å². The Bertz CT molecular complexity index is 867. The Kier molecular flexibility index (Phi) is 6.98. The summed E-state index contributed by atoms with van der Waals surface area (Å²) in [5, 5.41) is 5.30. The van der Waals surface area contributed by atoms with Gasteiger partial charge in [0, 0.05) is 42.6 Å². The Morgan fingerprint density at radius 1 is 1.00 bits per heavy atom. The summed E-state index contributed by atoms with van der Waals surface area (Å²) in [6.07, 6.45) is 0.845. The predicted octanol–water partition coefficient (Wildman–Crippen LogP) is 5.11. The minimum atomic E-state index is -0.166. The fourth-order valence-corrected chi connectivity index (χ4v) is 4.66. The normalized spacial score (nSPS) is 19.7. The summed E-state index contributed by atoms with van der Waals surface area (Å²) in [4.78, 5) is 22.3. The number of amides is 1. The van der Waals surface area contributed by atoms with E-state index in [-0.39, 0.29) is 18.1 Å². The van der Waals surface area contributed by atoms with Crippen LogP contribution in [0.3, 0.4) is 0 Å². The average molecular weight is 511 g/mol. The van der Waals surface area contributed by atoms with Crippen molar-refractivity contribution in [2.24, 2.45) is 5.16 Å². The molecule has 2 aliphatic heterocycles. The minimum absolute atomic E-state index is 0.0827. The largest absolute Gasteiger partial charge is 0.391 e. The molecule has 0 aromatic heterocycles. The molecule has 158 valence electrons. The zero-order valence-corrected chi connectivity index (χ0v) is 19.4. The second-order valence-electron chi connectivity index (χ2n) is 7.53. The average Bonchev–Trinajstić information content (AvgIpc) is 3.16. The Morgan fingerprint density at radius 3 is 2.00 bits per heavy atom. The molecule has 1 atom stereocenters.